The summed E-state index contributed by atoms with van der Waals surface area (Å²) in [5, 5.41) is 4.42. The van der Waals surface area contributed by atoms with Crippen molar-refractivity contribution in [3.63, 3.8) is 0 Å². The van der Waals surface area contributed by atoms with E-state index >= 15 is 0 Å². The van der Waals surface area contributed by atoms with Gasteiger partial charge in [0.25, 0.3) is 11.8 Å². The second-order valence-corrected chi connectivity index (χ2v) is 7.88. The zero-order valence-electron chi connectivity index (χ0n) is 17.4. The Morgan fingerprint density at radius 2 is 1.62 bits per heavy atom. The molecule has 0 unspecified atom stereocenters. The number of fused-ring (bicyclic) bond motifs is 1. The Hall–Kier alpha value is -3.87. The monoisotopic (exact) mass is 430 g/mol. The van der Waals surface area contributed by atoms with Gasteiger partial charge in [0, 0.05) is 29.5 Å². The molecular weight excluding hydrogens is 408 g/mol. The summed E-state index contributed by atoms with van der Waals surface area (Å²) in [6.45, 7) is 0.870. The highest BCUT2D eigenvalue weighted by Gasteiger charge is 2.32. The van der Waals surface area contributed by atoms with E-state index < -0.39 is 0 Å². The molecule has 1 N–H and O–H groups in total. The van der Waals surface area contributed by atoms with Gasteiger partial charge < -0.3 is 14.8 Å². The van der Waals surface area contributed by atoms with Gasteiger partial charge in [-0.2, -0.15) is 0 Å². The summed E-state index contributed by atoms with van der Waals surface area (Å²) in [5.41, 5.74) is 1.05. The zero-order valence-corrected chi connectivity index (χ0v) is 17.4. The lowest BCUT2D eigenvalue weighted by Gasteiger charge is -2.27. The fourth-order valence-corrected chi connectivity index (χ4v) is 4.16. The highest BCUT2D eigenvalue weighted by Crippen LogP contribution is 2.31. The molecule has 0 bridgehead atoms. The van der Waals surface area contributed by atoms with E-state index in [9.17, 15) is 14.4 Å². The predicted molar refractivity (Wildman–Crippen MR) is 118 cm³/mol. The van der Waals surface area contributed by atoms with Crippen molar-refractivity contribution in [3.8, 4) is 11.5 Å². The van der Waals surface area contributed by atoms with Crippen LogP contribution in [0.15, 0.2) is 60.7 Å². The van der Waals surface area contributed by atoms with Crippen LogP contribution in [-0.4, -0.2) is 48.4 Å². The highest BCUT2D eigenvalue weighted by molar-refractivity contribution is 6.25. The van der Waals surface area contributed by atoms with E-state index in [1.165, 1.54) is 4.90 Å². The first-order valence-corrected chi connectivity index (χ1v) is 10.6. The molecule has 32 heavy (non-hydrogen) atoms. The molecule has 0 saturated carbocycles. The molecule has 3 amide bonds. The van der Waals surface area contributed by atoms with Crippen LogP contribution in [0.4, 0.5) is 0 Å². The Morgan fingerprint density at radius 1 is 0.938 bits per heavy atom. The molecule has 0 spiro atoms. The third-order valence-corrected chi connectivity index (χ3v) is 5.74. The number of benzene rings is 3. The highest BCUT2D eigenvalue weighted by atomic mass is 16.6. The summed E-state index contributed by atoms with van der Waals surface area (Å²) in [4.78, 5) is 39.3. The van der Waals surface area contributed by atoms with Gasteiger partial charge >= 0.3 is 0 Å². The van der Waals surface area contributed by atoms with Crippen molar-refractivity contribution >= 4 is 28.5 Å². The fraction of sp³-hybridized carbons (Fsp3) is 0.240. The second-order valence-electron chi connectivity index (χ2n) is 7.88. The van der Waals surface area contributed by atoms with E-state index in [1.807, 2.05) is 48.5 Å². The van der Waals surface area contributed by atoms with Gasteiger partial charge in [0.15, 0.2) is 11.5 Å². The molecule has 1 atom stereocenters. The van der Waals surface area contributed by atoms with E-state index in [4.69, 9.17) is 9.47 Å². The number of hydrogen-bond acceptors (Lipinski definition) is 5. The predicted octanol–water partition coefficient (Wildman–Crippen LogP) is 3.17. The average Bonchev–Trinajstić information content (AvgIpc) is 2.83. The number of rotatable bonds is 6. The number of carbonyl (C=O) groups excluding carboxylic acids is 3. The molecular formula is C25H22N2O5. The van der Waals surface area contributed by atoms with Crippen LogP contribution in [0.1, 0.15) is 33.6 Å². The maximum atomic E-state index is 12.9. The van der Waals surface area contributed by atoms with Crippen LogP contribution < -0.4 is 14.8 Å². The van der Waals surface area contributed by atoms with Crippen molar-refractivity contribution in [2.75, 3.05) is 19.7 Å². The first-order chi connectivity index (χ1) is 15.6. The van der Waals surface area contributed by atoms with Crippen LogP contribution >= 0.6 is 0 Å². The lowest BCUT2D eigenvalue weighted by molar-refractivity contribution is -0.121. The third-order valence-electron chi connectivity index (χ3n) is 5.74. The van der Waals surface area contributed by atoms with Gasteiger partial charge in [0.05, 0.1) is 6.54 Å². The minimum absolute atomic E-state index is 0.160. The Balaban J connectivity index is 1.14. The molecule has 0 saturated heterocycles. The number of ether oxygens (including phenoxy) is 2. The van der Waals surface area contributed by atoms with Crippen molar-refractivity contribution in [2.45, 2.75) is 18.9 Å². The van der Waals surface area contributed by atoms with E-state index in [0.717, 1.165) is 5.39 Å². The number of nitrogens with one attached hydrogen (secondary N) is 1. The van der Waals surface area contributed by atoms with Crippen molar-refractivity contribution in [2.24, 2.45) is 0 Å². The van der Waals surface area contributed by atoms with Crippen LogP contribution in [-0.2, 0) is 4.79 Å². The molecule has 2 aliphatic rings. The third kappa shape index (κ3) is 3.66. The number of para-hydroxylation sites is 2. The maximum Gasteiger partial charge on any atom is 0.261 e. The van der Waals surface area contributed by atoms with E-state index in [0.29, 0.717) is 47.6 Å². The van der Waals surface area contributed by atoms with Crippen LogP contribution in [0.5, 0.6) is 11.5 Å². The van der Waals surface area contributed by atoms with Gasteiger partial charge in [-0.15, -0.1) is 0 Å². The summed E-state index contributed by atoms with van der Waals surface area (Å²) in [6.07, 6.45) is 0.315. The smallest absolute Gasteiger partial charge is 0.261 e. The topological polar surface area (TPSA) is 84.9 Å². The van der Waals surface area contributed by atoms with Gasteiger partial charge in [0.2, 0.25) is 5.91 Å². The average molecular weight is 430 g/mol. The lowest BCUT2D eigenvalue weighted by Crippen LogP contribution is -2.42. The van der Waals surface area contributed by atoms with Crippen molar-refractivity contribution in [3.05, 3.63) is 71.8 Å². The summed E-state index contributed by atoms with van der Waals surface area (Å²) in [6, 6.07) is 18.3. The second kappa shape index (κ2) is 8.34. The van der Waals surface area contributed by atoms with Crippen molar-refractivity contribution < 1.29 is 23.9 Å². The van der Waals surface area contributed by atoms with Crippen LogP contribution in [0.2, 0.25) is 0 Å². The lowest BCUT2D eigenvalue weighted by atomic mass is 9.94. The minimum atomic E-state index is -0.314. The van der Waals surface area contributed by atoms with Crippen LogP contribution in [0.3, 0.4) is 0 Å². The molecule has 2 aliphatic heterocycles. The fourth-order valence-electron chi connectivity index (χ4n) is 4.16. The zero-order chi connectivity index (χ0) is 22.1. The number of imide groups is 1. The summed E-state index contributed by atoms with van der Waals surface area (Å²) in [7, 11) is 0. The Kier molecular flexibility index (Phi) is 5.23. The SMILES string of the molecule is O=C(CCCN1C(=O)c2cccc3cccc(c23)C1=O)NC[C@H]1COc2ccccc2O1. The minimum Gasteiger partial charge on any atom is -0.486 e. The van der Waals surface area contributed by atoms with Gasteiger partial charge in [-0.05, 0) is 36.1 Å². The van der Waals surface area contributed by atoms with E-state index in [-0.39, 0.29) is 36.8 Å². The molecule has 162 valence electrons. The Bertz CT molecular complexity index is 1170. The maximum absolute atomic E-state index is 12.9. The number of carbonyl (C=O) groups is 3. The summed E-state index contributed by atoms with van der Waals surface area (Å²) < 4.78 is 11.5. The number of amides is 3. The largest absolute Gasteiger partial charge is 0.486 e. The molecule has 3 aromatic rings. The van der Waals surface area contributed by atoms with Gasteiger partial charge in [-0.3, -0.25) is 19.3 Å². The van der Waals surface area contributed by atoms with Crippen LogP contribution in [0.25, 0.3) is 10.8 Å². The molecule has 0 aliphatic carbocycles. The van der Waals surface area contributed by atoms with E-state index in [1.54, 1.807) is 12.1 Å². The number of nitrogens with zero attached hydrogens (tertiary/aromatic N) is 1. The quantitative estimate of drug-likeness (QED) is 0.607. The number of hydrogen-bond donors (Lipinski definition) is 1. The van der Waals surface area contributed by atoms with Crippen molar-refractivity contribution in [1.82, 2.24) is 10.2 Å². The standard InChI is InChI=1S/C25H22N2O5/c28-22(26-14-17-15-31-20-10-1-2-11-21(20)32-17)12-5-13-27-24(29)18-8-3-6-16-7-4-9-19(23(16)18)25(27)30/h1-4,6-11,17H,5,12-15H2,(H,26,28)/t17-/m0/s1. The van der Waals surface area contributed by atoms with Crippen molar-refractivity contribution in [1.29, 1.82) is 0 Å². The molecule has 7 nitrogen and oxygen atoms in total. The first kappa shape index (κ1) is 20.1. The first-order valence-electron chi connectivity index (χ1n) is 10.6. The molecule has 3 aromatic carbocycles. The Morgan fingerprint density at radius 3 is 2.34 bits per heavy atom. The molecule has 5 rings (SSSR count). The summed E-state index contributed by atoms with van der Waals surface area (Å²) in [5.74, 6) is 0.572. The molecule has 0 aromatic heterocycles. The Labute approximate surface area is 184 Å². The van der Waals surface area contributed by atoms with Crippen LogP contribution in [0, 0.1) is 0 Å². The summed E-state index contributed by atoms with van der Waals surface area (Å²) >= 11 is 0. The molecule has 0 fully saturated rings. The molecule has 0 radical (unpaired) electrons. The normalized spacial score (nSPS) is 16.9. The van der Waals surface area contributed by atoms with Gasteiger partial charge in [0.1, 0.15) is 12.7 Å². The molecule has 7 heteroatoms. The van der Waals surface area contributed by atoms with E-state index in [2.05, 4.69) is 5.32 Å². The molecule has 2 heterocycles. The van der Waals surface area contributed by atoms with Gasteiger partial charge in [-0.25, -0.2) is 0 Å². The van der Waals surface area contributed by atoms with Gasteiger partial charge in [-0.1, -0.05) is 36.4 Å².